The van der Waals surface area contributed by atoms with Crippen LogP contribution in [0.25, 0.3) is 0 Å². The van der Waals surface area contributed by atoms with Crippen molar-refractivity contribution in [2.45, 2.75) is 70.5 Å². The van der Waals surface area contributed by atoms with Crippen molar-refractivity contribution < 1.29 is 4.79 Å². The van der Waals surface area contributed by atoms with Crippen LogP contribution in [0.2, 0.25) is 0 Å². The number of hydrogen-bond donors (Lipinski definition) is 1. The Morgan fingerprint density at radius 2 is 1.90 bits per heavy atom. The van der Waals surface area contributed by atoms with E-state index in [1.54, 1.807) is 0 Å². The van der Waals surface area contributed by atoms with Gasteiger partial charge < -0.3 is 10.2 Å². The highest BCUT2D eigenvalue weighted by atomic mass is 16.2. The second kappa shape index (κ2) is 7.41. The monoisotopic (exact) mass is 281 g/mol. The summed E-state index contributed by atoms with van der Waals surface area (Å²) in [5.74, 6) is 0.356. The lowest BCUT2D eigenvalue weighted by atomic mass is 10.0. The topological polar surface area (TPSA) is 35.6 Å². The van der Waals surface area contributed by atoms with Crippen LogP contribution in [-0.2, 0) is 4.79 Å². The quantitative estimate of drug-likeness (QED) is 0.835. The highest BCUT2D eigenvalue weighted by molar-refractivity contribution is 5.82. The minimum Gasteiger partial charge on any atom is -0.341 e. The van der Waals surface area contributed by atoms with Gasteiger partial charge >= 0.3 is 0 Å². The van der Waals surface area contributed by atoms with Gasteiger partial charge in [-0.3, -0.25) is 9.69 Å². The predicted molar refractivity (Wildman–Crippen MR) is 82.8 cm³/mol. The summed E-state index contributed by atoms with van der Waals surface area (Å²) in [6.45, 7) is 7.67. The molecule has 2 saturated heterocycles. The SMILES string of the molecule is CCC(CC)N(C)C(=O)C1CCCN1C1CCNCC1. The van der Waals surface area contributed by atoms with Crippen molar-refractivity contribution in [2.24, 2.45) is 0 Å². The largest absolute Gasteiger partial charge is 0.341 e. The molecule has 2 fully saturated rings. The van der Waals surface area contributed by atoms with Gasteiger partial charge in [-0.15, -0.1) is 0 Å². The van der Waals surface area contributed by atoms with Gasteiger partial charge in [-0.1, -0.05) is 13.8 Å². The molecular weight excluding hydrogens is 250 g/mol. The molecule has 0 spiro atoms. The summed E-state index contributed by atoms with van der Waals surface area (Å²) in [4.78, 5) is 17.3. The van der Waals surface area contributed by atoms with Crippen molar-refractivity contribution in [3.63, 3.8) is 0 Å². The van der Waals surface area contributed by atoms with E-state index in [9.17, 15) is 4.79 Å². The second-order valence-electron chi connectivity index (χ2n) is 6.30. The minimum atomic E-state index is 0.142. The third kappa shape index (κ3) is 3.34. The second-order valence-corrected chi connectivity index (χ2v) is 6.30. The maximum atomic E-state index is 12.8. The van der Waals surface area contributed by atoms with Crippen molar-refractivity contribution in [3.8, 4) is 0 Å². The van der Waals surface area contributed by atoms with Crippen LogP contribution >= 0.6 is 0 Å². The van der Waals surface area contributed by atoms with Gasteiger partial charge in [0.05, 0.1) is 6.04 Å². The minimum absolute atomic E-state index is 0.142. The summed E-state index contributed by atoms with van der Waals surface area (Å²) < 4.78 is 0. The van der Waals surface area contributed by atoms with Crippen molar-refractivity contribution in [1.29, 1.82) is 0 Å². The molecule has 2 aliphatic heterocycles. The molecule has 4 heteroatoms. The normalized spacial score (nSPS) is 25.3. The van der Waals surface area contributed by atoms with Crippen LogP contribution in [-0.4, -0.2) is 60.5 Å². The lowest BCUT2D eigenvalue weighted by molar-refractivity contribution is -0.137. The van der Waals surface area contributed by atoms with E-state index in [-0.39, 0.29) is 6.04 Å². The first kappa shape index (κ1) is 15.8. The van der Waals surface area contributed by atoms with Gasteiger partial charge in [-0.05, 0) is 58.2 Å². The summed E-state index contributed by atoms with van der Waals surface area (Å²) in [6, 6.07) is 1.16. The number of carbonyl (C=O) groups is 1. The van der Waals surface area contributed by atoms with E-state index in [1.807, 2.05) is 11.9 Å². The molecule has 2 aliphatic rings. The van der Waals surface area contributed by atoms with Crippen molar-refractivity contribution >= 4 is 5.91 Å². The molecule has 0 aromatic heterocycles. The van der Waals surface area contributed by atoms with Crippen molar-refractivity contribution in [2.75, 3.05) is 26.7 Å². The summed E-state index contributed by atoms with van der Waals surface area (Å²) in [5, 5.41) is 3.42. The van der Waals surface area contributed by atoms with Crippen LogP contribution in [0.4, 0.5) is 0 Å². The third-order valence-corrected chi connectivity index (χ3v) is 5.19. The molecule has 1 atom stereocenters. The number of hydrogen-bond acceptors (Lipinski definition) is 3. The average Bonchev–Trinajstić information content (AvgIpc) is 2.98. The number of amides is 1. The molecule has 1 N–H and O–H groups in total. The summed E-state index contributed by atoms with van der Waals surface area (Å²) in [6.07, 6.45) is 6.72. The maximum absolute atomic E-state index is 12.8. The molecule has 0 bridgehead atoms. The number of carbonyl (C=O) groups excluding carboxylic acids is 1. The lowest BCUT2D eigenvalue weighted by Crippen LogP contribution is -2.52. The van der Waals surface area contributed by atoms with Gasteiger partial charge in [-0.2, -0.15) is 0 Å². The molecule has 0 radical (unpaired) electrons. The summed E-state index contributed by atoms with van der Waals surface area (Å²) in [5.41, 5.74) is 0. The van der Waals surface area contributed by atoms with E-state index in [0.29, 0.717) is 18.0 Å². The number of likely N-dealkylation sites (tertiary alicyclic amines) is 1. The standard InChI is InChI=1S/C16H31N3O/c1-4-13(5-2)18(3)16(20)15-7-6-12-19(15)14-8-10-17-11-9-14/h13-15,17H,4-12H2,1-3H3. The zero-order valence-corrected chi connectivity index (χ0v) is 13.4. The molecule has 1 amide bonds. The lowest BCUT2D eigenvalue weighted by Gasteiger charge is -2.38. The highest BCUT2D eigenvalue weighted by Crippen LogP contribution is 2.26. The summed E-state index contributed by atoms with van der Waals surface area (Å²) >= 11 is 0. The van der Waals surface area contributed by atoms with Crippen LogP contribution in [0.1, 0.15) is 52.4 Å². The number of nitrogens with one attached hydrogen (secondary N) is 1. The predicted octanol–water partition coefficient (Wildman–Crippen LogP) is 1.85. The third-order valence-electron chi connectivity index (χ3n) is 5.19. The zero-order chi connectivity index (χ0) is 14.5. The number of likely N-dealkylation sites (N-methyl/N-ethyl adjacent to an activating group) is 1. The molecule has 4 nitrogen and oxygen atoms in total. The van der Waals surface area contributed by atoms with Crippen LogP contribution in [0.5, 0.6) is 0 Å². The molecule has 0 aromatic carbocycles. The van der Waals surface area contributed by atoms with Gasteiger partial charge in [0.1, 0.15) is 0 Å². The Labute approximate surface area is 123 Å². The van der Waals surface area contributed by atoms with E-state index in [4.69, 9.17) is 0 Å². The number of rotatable bonds is 5. The van der Waals surface area contributed by atoms with E-state index in [0.717, 1.165) is 38.9 Å². The van der Waals surface area contributed by atoms with E-state index in [1.165, 1.54) is 19.3 Å². The van der Waals surface area contributed by atoms with Crippen LogP contribution in [0.3, 0.4) is 0 Å². The molecule has 0 aromatic rings. The molecule has 20 heavy (non-hydrogen) atoms. The number of piperidine rings is 1. The Morgan fingerprint density at radius 1 is 1.25 bits per heavy atom. The first-order valence-electron chi connectivity index (χ1n) is 8.42. The van der Waals surface area contributed by atoms with Gasteiger partial charge in [0.25, 0.3) is 0 Å². The number of nitrogens with zero attached hydrogens (tertiary/aromatic N) is 2. The Bertz CT molecular complexity index is 311. The van der Waals surface area contributed by atoms with Gasteiger partial charge in [0.15, 0.2) is 0 Å². The average molecular weight is 281 g/mol. The molecule has 0 aliphatic carbocycles. The Balaban J connectivity index is 2.00. The van der Waals surface area contributed by atoms with Gasteiger partial charge in [0, 0.05) is 19.1 Å². The van der Waals surface area contributed by atoms with Crippen molar-refractivity contribution in [3.05, 3.63) is 0 Å². The fraction of sp³-hybridized carbons (Fsp3) is 0.938. The fourth-order valence-electron chi connectivity index (χ4n) is 3.88. The van der Waals surface area contributed by atoms with Crippen LogP contribution in [0, 0.1) is 0 Å². The molecule has 1 unspecified atom stereocenters. The smallest absolute Gasteiger partial charge is 0.239 e. The van der Waals surface area contributed by atoms with Crippen LogP contribution < -0.4 is 5.32 Å². The highest BCUT2D eigenvalue weighted by Gasteiger charge is 2.37. The van der Waals surface area contributed by atoms with Gasteiger partial charge in [0.2, 0.25) is 5.91 Å². The summed E-state index contributed by atoms with van der Waals surface area (Å²) in [7, 11) is 2.00. The van der Waals surface area contributed by atoms with E-state index in [2.05, 4.69) is 24.1 Å². The van der Waals surface area contributed by atoms with Gasteiger partial charge in [-0.25, -0.2) is 0 Å². The van der Waals surface area contributed by atoms with Crippen molar-refractivity contribution in [1.82, 2.24) is 15.1 Å². The Kier molecular flexibility index (Phi) is 5.85. The Hall–Kier alpha value is -0.610. The van der Waals surface area contributed by atoms with E-state index >= 15 is 0 Å². The molecule has 116 valence electrons. The first-order chi connectivity index (χ1) is 9.69. The first-order valence-corrected chi connectivity index (χ1v) is 8.42. The molecule has 0 saturated carbocycles. The Morgan fingerprint density at radius 3 is 2.50 bits per heavy atom. The van der Waals surface area contributed by atoms with E-state index < -0.39 is 0 Å². The molecular formula is C16H31N3O. The molecule has 2 heterocycles. The maximum Gasteiger partial charge on any atom is 0.239 e. The molecule has 2 rings (SSSR count). The fourth-order valence-corrected chi connectivity index (χ4v) is 3.88. The van der Waals surface area contributed by atoms with Crippen LogP contribution in [0.15, 0.2) is 0 Å². The zero-order valence-electron chi connectivity index (χ0n) is 13.4.